The summed E-state index contributed by atoms with van der Waals surface area (Å²) in [6, 6.07) is 0. The molecule has 0 aromatic heterocycles. The first-order valence-electron chi connectivity index (χ1n) is 7.04. The third-order valence-electron chi connectivity index (χ3n) is 3.17. The van der Waals surface area contributed by atoms with Crippen LogP contribution in [-0.4, -0.2) is 75.9 Å². The fraction of sp³-hybridized carbons (Fsp3) is 1.00. The Morgan fingerprint density at radius 1 is 0.955 bits per heavy atom. The molecule has 0 unspecified atom stereocenters. The summed E-state index contributed by atoms with van der Waals surface area (Å²) in [5.74, 6) is 5.40. The molecular weight excluding hydrogens is 481 g/mol. The molecule has 0 aromatic carbocycles. The topological polar surface area (TPSA) is 41.3 Å². The van der Waals surface area contributed by atoms with Crippen molar-refractivity contribution in [2.45, 2.75) is 6.42 Å². The summed E-state index contributed by atoms with van der Waals surface area (Å²) in [5, 5.41) is 3.52. The minimum atomic E-state index is -1.77. The molecular formula is C11H28Cl3GeN3S4. The molecule has 3 aliphatic rings. The van der Waals surface area contributed by atoms with Crippen LogP contribution < -0.4 is 11.1 Å². The second kappa shape index (κ2) is 15.9. The van der Waals surface area contributed by atoms with E-state index in [1.807, 2.05) is 0 Å². The van der Waals surface area contributed by atoms with Gasteiger partial charge in [-0.05, 0) is 0 Å². The molecule has 136 valence electrons. The van der Waals surface area contributed by atoms with Gasteiger partial charge in [0, 0.05) is 0 Å². The molecule has 0 radical (unpaired) electrons. The molecule has 11 heteroatoms. The van der Waals surface area contributed by atoms with E-state index in [1.165, 1.54) is 42.6 Å². The first kappa shape index (κ1) is 26.9. The molecule has 3 N–H and O–H groups in total. The van der Waals surface area contributed by atoms with Crippen LogP contribution in [0.2, 0.25) is 0 Å². The average molecular weight is 510 g/mol. The molecule has 3 fully saturated rings. The number of rotatable bonds is 7. The molecule has 3 rings (SSSR count). The quantitative estimate of drug-likeness (QED) is 0.404. The van der Waals surface area contributed by atoms with Gasteiger partial charge >= 0.3 is 134 Å². The molecule has 3 nitrogen and oxygen atoms in total. The number of halogens is 3. The van der Waals surface area contributed by atoms with Crippen molar-refractivity contribution in [3.8, 4) is 0 Å². The number of nitrogens with zero attached hydrogens (tertiary/aromatic N) is 1. The number of fused-ring (bicyclic) bond motifs is 6. The van der Waals surface area contributed by atoms with Crippen molar-refractivity contribution >= 4 is 86.3 Å². The molecule has 0 aromatic rings. The molecule has 0 amide bonds. The molecule has 3 saturated heterocycles. The normalized spacial score (nSPS) is 27.4. The molecule has 2 bridgehead atoms. The summed E-state index contributed by atoms with van der Waals surface area (Å²) in [4.78, 5) is 2.65. The predicted molar refractivity (Wildman–Crippen MR) is 120 cm³/mol. The van der Waals surface area contributed by atoms with Crippen molar-refractivity contribution in [2.24, 2.45) is 5.73 Å². The van der Waals surface area contributed by atoms with Gasteiger partial charge in [0.25, 0.3) is 0 Å². The zero-order valence-electron chi connectivity index (χ0n) is 12.7. The van der Waals surface area contributed by atoms with E-state index in [4.69, 9.17) is 5.73 Å². The SMILES string of the molecule is Cl.Cl.Cl.NCCCNCC[S][Ge]12[S]CCN(CC[S]1)CC[S]2. The van der Waals surface area contributed by atoms with Crippen molar-refractivity contribution in [3.05, 3.63) is 0 Å². The average Bonchev–Trinajstić information content (AvgIpc) is 2.34. The Labute approximate surface area is 169 Å². The van der Waals surface area contributed by atoms with Crippen LogP contribution in [0.3, 0.4) is 0 Å². The first-order valence-corrected chi connectivity index (χ1v) is 21.3. The maximum atomic E-state index is 5.51. The molecule has 3 aliphatic heterocycles. The Balaban J connectivity index is 0. The predicted octanol–water partition coefficient (Wildman–Crippen LogP) is 2.89. The van der Waals surface area contributed by atoms with E-state index >= 15 is 0 Å². The third-order valence-corrected chi connectivity index (χ3v) is 42.2. The van der Waals surface area contributed by atoms with Gasteiger partial charge in [0.2, 0.25) is 0 Å². The van der Waals surface area contributed by atoms with E-state index in [-0.39, 0.29) is 37.2 Å². The van der Waals surface area contributed by atoms with Gasteiger partial charge in [0.05, 0.1) is 0 Å². The molecule has 0 saturated carbocycles. The fourth-order valence-corrected chi connectivity index (χ4v) is 40.1. The van der Waals surface area contributed by atoms with Crippen LogP contribution in [0.1, 0.15) is 6.42 Å². The Kier molecular flexibility index (Phi) is 19.5. The summed E-state index contributed by atoms with van der Waals surface area (Å²) < 4.78 is 0. The number of hydrogen-bond acceptors (Lipinski definition) is 7. The van der Waals surface area contributed by atoms with E-state index in [2.05, 4.69) is 50.6 Å². The zero-order valence-corrected chi connectivity index (χ0v) is 20.5. The Morgan fingerprint density at radius 3 is 2.00 bits per heavy atom. The fourth-order valence-electron chi connectivity index (χ4n) is 2.08. The third kappa shape index (κ3) is 9.99. The molecule has 0 aliphatic carbocycles. The van der Waals surface area contributed by atoms with Gasteiger partial charge in [-0.3, -0.25) is 0 Å². The van der Waals surface area contributed by atoms with Gasteiger partial charge in [0.15, 0.2) is 0 Å². The van der Waals surface area contributed by atoms with Gasteiger partial charge in [-0.25, -0.2) is 0 Å². The summed E-state index contributed by atoms with van der Waals surface area (Å²) in [7, 11) is 7.63. The number of nitrogens with one attached hydrogen (secondary N) is 1. The van der Waals surface area contributed by atoms with E-state index in [1.54, 1.807) is 0 Å². The summed E-state index contributed by atoms with van der Waals surface area (Å²) in [6.07, 6.45) is 1.10. The first-order chi connectivity index (χ1) is 9.35. The molecule has 3 heterocycles. The van der Waals surface area contributed by atoms with E-state index < -0.39 is 8.70 Å². The Bertz CT molecular complexity index is 246. The van der Waals surface area contributed by atoms with Gasteiger partial charge in [-0.2, -0.15) is 0 Å². The van der Waals surface area contributed by atoms with Gasteiger partial charge in [-0.15, -0.1) is 37.2 Å². The van der Waals surface area contributed by atoms with Gasteiger partial charge < -0.3 is 0 Å². The van der Waals surface area contributed by atoms with Crippen LogP contribution in [0, 0.1) is 0 Å². The van der Waals surface area contributed by atoms with Crippen molar-refractivity contribution < 1.29 is 0 Å². The standard InChI is InChI=1S/C11H25GeN3S4.3ClH/c13-2-1-3-14-4-8-16-12-17-9-5-15(6-10-18-12)7-11-19-12;;;/h14H,1-11,13H2;3*1H. The second-order valence-corrected chi connectivity index (χ2v) is 37.6. The van der Waals surface area contributed by atoms with Crippen molar-refractivity contribution in [2.75, 3.05) is 62.3 Å². The minimum absolute atomic E-state index is 0. The van der Waals surface area contributed by atoms with Crippen LogP contribution in [0.5, 0.6) is 0 Å². The van der Waals surface area contributed by atoms with Crippen LogP contribution in [0.25, 0.3) is 0 Å². The van der Waals surface area contributed by atoms with Gasteiger partial charge in [-0.1, -0.05) is 0 Å². The van der Waals surface area contributed by atoms with Crippen molar-refractivity contribution in [1.29, 1.82) is 0 Å². The van der Waals surface area contributed by atoms with Crippen LogP contribution in [0.4, 0.5) is 0 Å². The summed E-state index contributed by atoms with van der Waals surface area (Å²) in [5.41, 5.74) is 5.51. The zero-order chi connectivity index (χ0) is 13.4. The molecule has 22 heavy (non-hydrogen) atoms. The summed E-state index contributed by atoms with van der Waals surface area (Å²) in [6.45, 7) is 7.03. The monoisotopic (exact) mass is 509 g/mol. The number of hydrogen-bond donors (Lipinski definition) is 2. The second-order valence-electron chi connectivity index (χ2n) is 4.63. The van der Waals surface area contributed by atoms with Crippen molar-refractivity contribution in [1.82, 2.24) is 10.2 Å². The van der Waals surface area contributed by atoms with E-state index in [0.29, 0.717) is 0 Å². The van der Waals surface area contributed by atoms with Crippen LogP contribution in [0.15, 0.2) is 0 Å². The van der Waals surface area contributed by atoms with Crippen molar-refractivity contribution in [3.63, 3.8) is 0 Å². The molecule has 0 spiro atoms. The molecule has 0 atom stereocenters. The van der Waals surface area contributed by atoms with Crippen LogP contribution in [-0.2, 0) is 0 Å². The van der Waals surface area contributed by atoms with Gasteiger partial charge in [0.1, 0.15) is 0 Å². The Morgan fingerprint density at radius 2 is 1.50 bits per heavy atom. The maximum absolute atomic E-state index is 5.51. The number of nitrogens with two attached hydrogens (primary N) is 1. The summed E-state index contributed by atoms with van der Waals surface area (Å²) >= 11 is 0. The Hall–Kier alpha value is 2.69. The van der Waals surface area contributed by atoms with E-state index in [9.17, 15) is 0 Å². The van der Waals surface area contributed by atoms with Crippen LogP contribution >= 0.6 is 77.6 Å². The van der Waals surface area contributed by atoms with E-state index in [0.717, 1.165) is 26.1 Å².